The van der Waals surface area contributed by atoms with Gasteiger partial charge in [0.2, 0.25) is 0 Å². The maximum absolute atomic E-state index is 13.4. The average molecular weight is 348 g/mol. The Balaban J connectivity index is 1.69. The fourth-order valence-electron chi connectivity index (χ4n) is 2.71. The molecule has 0 saturated carbocycles. The quantitative estimate of drug-likeness (QED) is 0.771. The summed E-state index contributed by atoms with van der Waals surface area (Å²) < 4.78 is 14.2. The summed E-state index contributed by atoms with van der Waals surface area (Å²) in [6.07, 6.45) is 1.34. The van der Waals surface area contributed by atoms with E-state index in [-0.39, 0.29) is 11.6 Å². The first-order valence-corrected chi connectivity index (χ1v) is 7.75. The maximum Gasteiger partial charge on any atom is 0.165 e. The van der Waals surface area contributed by atoms with Crippen molar-refractivity contribution in [3.63, 3.8) is 0 Å². The van der Waals surface area contributed by atoms with Gasteiger partial charge in [-0.2, -0.15) is 0 Å². The van der Waals surface area contributed by atoms with Gasteiger partial charge in [-0.1, -0.05) is 40.2 Å². The number of benzene rings is 2. The van der Waals surface area contributed by atoms with Gasteiger partial charge in [0.25, 0.3) is 0 Å². The fraction of sp³-hybridized carbons (Fsp3) is 0.235. The van der Waals surface area contributed by atoms with E-state index in [1.165, 1.54) is 6.07 Å². The highest BCUT2D eigenvalue weighted by molar-refractivity contribution is 9.10. The van der Waals surface area contributed by atoms with Gasteiger partial charge in [-0.25, -0.2) is 4.39 Å². The van der Waals surface area contributed by atoms with E-state index in [1.807, 2.05) is 30.3 Å². The monoisotopic (exact) mass is 347 g/mol. The van der Waals surface area contributed by atoms with Crippen LogP contribution in [0.15, 0.2) is 46.9 Å². The van der Waals surface area contributed by atoms with E-state index in [2.05, 4.69) is 20.8 Å². The fourth-order valence-corrected chi connectivity index (χ4v) is 3.22. The summed E-state index contributed by atoms with van der Waals surface area (Å²) in [5, 5.41) is 0. The van der Waals surface area contributed by atoms with Crippen molar-refractivity contribution in [1.29, 1.82) is 0 Å². The van der Waals surface area contributed by atoms with Crippen LogP contribution in [0.5, 0.6) is 0 Å². The Morgan fingerprint density at radius 1 is 1.24 bits per heavy atom. The summed E-state index contributed by atoms with van der Waals surface area (Å²) in [7, 11) is 0. The van der Waals surface area contributed by atoms with Gasteiger partial charge in [-0.3, -0.25) is 4.79 Å². The van der Waals surface area contributed by atoms with Crippen molar-refractivity contribution in [3.8, 4) is 0 Å². The molecule has 0 fully saturated rings. The lowest BCUT2D eigenvalue weighted by atomic mass is 10.1. The Labute approximate surface area is 131 Å². The van der Waals surface area contributed by atoms with Crippen LogP contribution in [0.25, 0.3) is 0 Å². The van der Waals surface area contributed by atoms with Gasteiger partial charge in [0, 0.05) is 35.2 Å². The Morgan fingerprint density at radius 2 is 2.05 bits per heavy atom. The summed E-state index contributed by atoms with van der Waals surface area (Å²) in [5.74, 6) is -0.120. The Kier molecular flexibility index (Phi) is 4.06. The van der Waals surface area contributed by atoms with Crippen molar-refractivity contribution in [2.24, 2.45) is 0 Å². The summed E-state index contributed by atoms with van der Waals surface area (Å²) in [6, 6.07) is 12.3. The van der Waals surface area contributed by atoms with Crippen LogP contribution in [0.4, 0.5) is 10.1 Å². The SMILES string of the molecule is O=C(CCN1CCc2ccc(F)cc21)c1ccccc1Br. The number of rotatable bonds is 4. The number of hydrogen-bond donors (Lipinski definition) is 0. The van der Waals surface area contributed by atoms with Gasteiger partial charge in [0.05, 0.1) is 0 Å². The summed E-state index contributed by atoms with van der Waals surface area (Å²) >= 11 is 3.40. The van der Waals surface area contributed by atoms with Gasteiger partial charge in [0.1, 0.15) is 5.82 Å². The zero-order valence-corrected chi connectivity index (χ0v) is 13.1. The van der Waals surface area contributed by atoms with Crippen LogP contribution in [0, 0.1) is 5.82 Å². The first-order valence-electron chi connectivity index (χ1n) is 6.96. The number of carbonyl (C=O) groups excluding carboxylic acids is 1. The third-order valence-electron chi connectivity index (χ3n) is 3.82. The molecule has 108 valence electrons. The number of carbonyl (C=O) groups is 1. The van der Waals surface area contributed by atoms with Gasteiger partial charge < -0.3 is 4.90 Å². The number of Topliss-reactive ketones (excluding diaryl/α,β-unsaturated/α-hetero) is 1. The van der Waals surface area contributed by atoms with E-state index in [4.69, 9.17) is 0 Å². The van der Waals surface area contributed by atoms with Crippen molar-refractivity contribution >= 4 is 27.4 Å². The topological polar surface area (TPSA) is 20.3 Å². The van der Waals surface area contributed by atoms with Gasteiger partial charge in [-0.05, 0) is 30.2 Å². The van der Waals surface area contributed by atoms with Crippen molar-refractivity contribution in [1.82, 2.24) is 0 Å². The zero-order valence-electron chi connectivity index (χ0n) is 11.5. The Bertz CT molecular complexity index is 686. The van der Waals surface area contributed by atoms with Crippen LogP contribution in [-0.2, 0) is 6.42 Å². The van der Waals surface area contributed by atoms with Crippen LogP contribution < -0.4 is 4.90 Å². The smallest absolute Gasteiger partial charge is 0.165 e. The Morgan fingerprint density at radius 3 is 2.86 bits per heavy atom. The molecule has 1 heterocycles. The minimum atomic E-state index is -0.224. The van der Waals surface area contributed by atoms with Crippen LogP contribution in [0.3, 0.4) is 0 Å². The molecule has 0 aromatic heterocycles. The number of hydrogen-bond acceptors (Lipinski definition) is 2. The molecular formula is C17H15BrFNO. The minimum absolute atomic E-state index is 0.104. The molecule has 21 heavy (non-hydrogen) atoms. The van der Waals surface area contributed by atoms with E-state index in [1.54, 1.807) is 6.07 Å². The van der Waals surface area contributed by atoms with Crippen molar-refractivity contribution in [2.75, 3.05) is 18.0 Å². The molecule has 0 aliphatic carbocycles. The molecule has 2 aromatic rings. The molecule has 0 radical (unpaired) electrons. The molecular weight excluding hydrogens is 333 g/mol. The number of halogens is 2. The molecule has 0 N–H and O–H groups in total. The van der Waals surface area contributed by atoms with Crippen LogP contribution >= 0.6 is 15.9 Å². The molecule has 1 aliphatic rings. The first kappa shape index (κ1) is 14.3. The lowest BCUT2D eigenvalue weighted by Gasteiger charge is -2.19. The molecule has 2 aromatic carbocycles. The van der Waals surface area contributed by atoms with E-state index < -0.39 is 0 Å². The van der Waals surface area contributed by atoms with Crippen molar-refractivity contribution in [3.05, 3.63) is 63.9 Å². The van der Waals surface area contributed by atoms with Crippen LogP contribution in [0.1, 0.15) is 22.3 Å². The van der Waals surface area contributed by atoms with Crippen LogP contribution in [0.2, 0.25) is 0 Å². The number of ketones is 1. The van der Waals surface area contributed by atoms with Gasteiger partial charge in [0.15, 0.2) is 5.78 Å². The highest BCUT2D eigenvalue weighted by Crippen LogP contribution is 2.29. The average Bonchev–Trinajstić information content (AvgIpc) is 2.87. The summed E-state index contributed by atoms with van der Waals surface area (Å²) in [6.45, 7) is 1.47. The third-order valence-corrected chi connectivity index (χ3v) is 4.51. The van der Waals surface area contributed by atoms with Crippen molar-refractivity contribution < 1.29 is 9.18 Å². The minimum Gasteiger partial charge on any atom is -0.370 e. The summed E-state index contributed by atoms with van der Waals surface area (Å²) in [5.41, 5.74) is 2.79. The molecule has 0 amide bonds. The van der Waals surface area contributed by atoms with E-state index >= 15 is 0 Å². The highest BCUT2D eigenvalue weighted by atomic mass is 79.9. The second-order valence-corrected chi connectivity index (χ2v) is 6.02. The third kappa shape index (κ3) is 3.00. The molecule has 0 bridgehead atoms. The molecule has 0 spiro atoms. The van der Waals surface area contributed by atoms with E-state index in [0.717, 1.165) is 28.7 Å². The number of nitrogens with zero attached hydrogens (tertiary/aromatic N) is 1. The lowest BCUT2D eigenvalue weighted by molar-refractivity contribution is 0.0984. The predicted molar refractivity (Wildman–Crippen MR) is 85.4 cm³/mol. The number of anilines is 1. The molecule has 2 nitrogen and oxygen atoms in total. The van der Waals surface area contributed by atoms with Gasteiger partial charge in [-0.15, -0.1) is 0 Å². The van der Waals surface area contributed by atoms with E-state index in [0.29, 0.717) is 18.5 Å². The lowest BCUT2D eigenvalue weighted by Crippen LogP contribution is -2.24. The molecule has 3 rings (SSSR count). The molecule has 0 saturated heterocycles. The largest absolute Gasteiger partial charge is 0.370 e. The first-order chi connectivity index (χ1) is 10.1. The molecule has 4 heteroatoms. The molecule has 1 aliphatic heterocycles. The Hall–Kier alpha value is -1.68. The second-order valence-electron chi connectivity index (χ2n) is 5.16. The zero-order chi connectivity index (χ0) is 14.8. The van der Waals surface area contributed by atoms with Crippen LogP contribution in [-0.4, -0.2) is 18.9 Å². The second kappa shape index (κ2) is 5.98. The molecule has 0 atom stereocenters. The maximum atomic E-state index is 13.4. The number of fused-ring (bicyclic) bond motifs is 1. The standard InChI is InChI=1S/C17H15BrFNO/c18-15-4-2-1-3-14(15)17(21)8-10-20-9-7-12-5-6-13(19)11-16(12)20/h1-6,11H,7-10H2. The van der Waals surface area contributed by atoms with E-state index in [9.17, 15) is 9.18 Å². The highest BCUT2D eigenvalue weighted by Gasteiger charge is 2.20. The normalized spacial score (nSPS) is 13.3. The predicted octanol–water partition coefficient (Wildman–Crippen LogP) is 4.22. The summed E-state index contributed by atoms with van der Waals surface area (Å²) in [4.78, 5) is 14.4. The van der Waals surface area contributed by atoms with Gasteiger partial charge >= 0.3 is 0 Å². The van der Waals surface area contributed by atoms with Crippen molar-refractivity contribution in [2.45, 2.75) is 12.8 Å². The molecule has 0 unspecified atom stereocenters.